The molecule has 3 N–H and O–H groups in total. The lowest BCUT2D eigenvalue weighted by Gasteiger charge is -2.32. The average Bonchev–Trinajstić information content (AvgIpc) is 2.38. The first-order chi connectivity index (χ1) is 8.91. The fourth-order valence-corrected chi connectivity index (χ4v) is 3.47. The van der Waals surface area contributed by atoms with Gasteiger partial charge in [-0.05, 0) is 37.6 Å². The van der Waals surface area contributed by atoms with Gasteiger partial charge in [0, 0.05) is 18.1 Å². The van der Waals surface area contributed by atoms with Gasteiger partial charge in [-0.2, -0.15) is 0 Å². The molecule has 1 aliphatic heterocycles. The summed E-state index contributed by atoms with van der Waals surface area (Å²) in [5.74, 6) is 0. The van der Waals surface area contributed by atoms with E-state index in [1.165, 1.54) is 12.1 Å². The molecule has 1 heterocycles. The van der Waals surface area contributed by atoms with Gasteiger partial charge >= 0.3 is 0 Å². The van der Waals surface area contributed by atoms with Crippen molar-refractivity contribution in [3.05, 3.63) is 29.3 Å². The van der Waals surface area contributed by atoms with Crippen LogP contribution in [0.2, 0.25) is 5.02 Å². The molecule has 1 fully saturated rings. The smallest absolute Gasteiger partial charge is 0.240 e. The summed E-state index contributed by atoms with van der Waals surface area (Å²) >= 11 is 5.78. The van der Waals surface area contributed by atoms with Crippen molar-refractivity contribution in [1.29, 1.82) is 0 Å². The molecule has 1 atom stereocenters. The third-order valence-corrected chi connectivity index (χ3v) is 4.78. The van der Waals surface area contributed by atoms with Crippen LogP contribution in [0.4, 0.5) is 0 Å². The molecule has 0 aromatic heterocycles. The highest BCUT2D eigenvalue weighted by Crippen LogP contribution is 2.18. The number of nitrogens with one attached hydrogen (secondary N) is 2. The molecule has 1 aromatic rings. The minimum Gasteiger partial charge on any atom is -0.387 e. The molecule has 106 valence electrons. The fraction of sp³-hybridized carbons (Fsp3) is 0.500. The van der Waals surface area contributed by atoms with Gasteiger partial charge in [-0.3, -0.25) is 0 Å². The van der Waals surface area contributed by atoms with E-state index < -0.39 is 15.6 Å². The summed E-state index contributed by atoms with van der Waals surface area (Å²) in [6, 6.07) is 6.04. The van der Waals surface area contributed by atoms with Crippen LogP contribution in [-0.2, 0) is 10.0 Å². The molecule has 0 unspecified atom stereocenters. The number of piperidine rings is 1. The van der Waals surface area contributed by atoms with Gasteiger partial charge in [0.25, 0.3) is 0 Å². The highest BCUT2D eigenvalue weighted by Gasteiger charge is 2.30. The van der Waals surface area contributed by atoms with Gasteiger partial charge in [-0.1, -0.05) is 17.7 Å². The molecule has 1 aliphatic rings. The molecular weight excluding hydrogens is 288 g/mol. The topological polar surface area (TPSA) is 78.4 Å². The molecule has 0 amide bonds. The third-order valence-electron chi connectivity index (χ3n) is 3.15. The number of aliphatic hydroxyl groups is 1. The van der Waals surface area contributed by atoms with E-state index in [9.17, 15) is 13.5 Å². The minimum absolute atomic E-state index is 0.00511. The Morgan fingerprint density at radius 3 is 2.89 bits per heavy atom. The largest absolute Gasteiger partial charge is 0.387 e. The average molecular weight is 305 g/mol. The normalized spacial score (nSPS) is 24.3. The first kappa shape index (κ1) is 14.7. The Hall–Kier alpha value is -0.660. The maximum Gasteiger partial charge on any atom is 0.240 e. The quantitative estimate of drug-likeness (QED) is 0.766. The van der Waals surface area contributed by atoms with Crippen molar-refractivity contribution in [2.45, 2.75) is 23.3 Å². The predicted octanol–water partition coefficient (Wildman–Crippen LogP) is 0.733. The van der Waals surface area contributed by atoms with Gasteiger partial charge in [-0.15, -0.1) is 0 Å². The lowest BCUT2D eigenvalue weighted by Crippen LogP contribution is -2.52. The number of halogens is 1. The van der Waals surface area contributed by atoms with Crippen LogP contribution < -0.4 is 10.0 Å². The van der Waals surface area contributed by atoms with Gasteiger partial charge in [0.05, 0.1) is 10.5 Å². The summed E-state index contributed by atoms with van der Waals surface area (Å²) in [6.45, 7) is 1.24. The van der Waals surface area contributed by atoms with E-state index in [1.807, 2.05) is 0 Å². The van der Waals surface area contributed by atoms with E-state index in [2.05, 4.69) is 10.0 Å². The lowest BCUT2D eigenvalue weighted by atomic mass is 9.95. The number of hydrogen-bond acceptors (Lipinski definition) is 4. The first-order valence-corrected chi connectivity index (χ1v) is 7.96. The first-order valence-electron chi connectivity index (χ1n) is 6.10. The van der Waals surface area contributed by atoms with Gasteiger partial charge in [0.1, 0.15) is 0 Å². The van der Waals surface area contributed by atoms with E-state index in [0.717, 1.165) is 13.0 Å². The van der Waals surface area contributed by atoms with Crippen molar-refractivity contribution < 1.29 is 13.5 Å². The lowest BCUT2D eigenvalue weighted by molar-refractivity contribution is 0.0218. The van der Waals surface area contributed by atoms with Gasteiger partial charge in [0.15, 0.2) is 0 Å². The second kappa shape index (κ2) is 5.76. The Kier molecular flexibility index (Phi) is 4.47. The zero-order valence-electron chi connectivity index (χ0n) is 10.4. The Bertz CT molecular complexity index is 542. The summed E-state index contributed by atoms with van der Waals surface area (Å²) in [5.41, 5.74) is -1.02. The summed E-state index contributed by atoms with van der Waals surface area (Å²) in [6.07, 6.45) is 1.41. The Morgan fingerprint density at radius 2 is 2.26 bits per heavy atom. The minimum atomic E-state index is -3.64. The SMILES string of the molecule is O=S(=O)(NC[C@]1(O)CCCNC1)c1cccc(Cl)c1. The molecule has 1 aromatic carbocycles. The molecule has 2 rings (SSSR count). The highest BCUT2D eigenvalue weighted by molar-refractivity contribution is 7.89. The van der Waals surface area contributed by atoms with E-state index in [1.54, 1.807) is 12.1 Å². The summed E-state index contributed by atoms with van der Waals surface area (Å²) in [7, 11) is -3.64. The van der Waals surface area contributed by atoms with E-state index in [4.69, 9.17) is 11.6 Å². The zero-order chi connectivity index (χ0) is 13.9. The van der Waals surface area contributed by atoms with E-state index in [-0.39, 0.29) is 11.4 Å². The summed E-state index contributed by atoms with van der Waals surface area (Å²) in [4.78, 5) is 0.104. The van der Waals surface area contributed by atoms with Crippen LogP contribution in [0.15, 0.2) is 29.2 Å². The van der Waals surface area contributed by atoms with Crippen molar-refractivity contribution in [3.8, 4) is 0 Å². The molecule has 0 saturated carbocycles. The number of hydrogen-bond donors (Lipinski definition) is 3. The zero-order valence-corrected chi connectivity index (χ0v) is 12.0. The van der Waals surface area contributed by atoms with Crippen molar-refractivity contribution in [1.82, 2.24) is 10.0 Å². The van der Waals surface area contributed by atoms with Gasteiger partial charge in [-0.25, -0.2) is 13.1 Å². The van der Waals surface area contributed by atoms with Crippen LogP contribution in [0.3, 0.4) is 0 Å². The van der Waals surface area contributed by atoms with Gasteiger partial charge < -0.3 is 10.4 Å². The van der Waals surface area contributed by atoms with Crippen molar-refractivity contribution in [3.63, 3.8) is 0 Å². The van der Waals surface area contributed by atoms with Crippen LogP contribution >= 0.6 is 11.6 Å². The molecule has 5 nitrogen and oxygen atoms in total. The molecule has 0 spiro atoms. The maximum atomic E-state index is 12.1. The van der Waals surface area contributed by atoms with Crippen LogP contribution in [-0.4, -0.2) is 38.8 Å². The molecule has 7 heteroatoms. The van der Waals surface area contributed by atoms with Crippen LogP contribution in [0.5, 0.6) is 0 Å². The van der Waals surface area contributed by atoms with Crippen molar-refractivity contribution in [2.75, 3.05) is 19.6 Å². The second-order valence-corrected chi connectivity index (χ2v) is 6.99. The standard InChI is InChI=1S/C12H17ClN2O3S/c13-10-3-1-4-11(7-10)19(17,18)15-9-12(16)5-2-6-14-8-12/h1,3-4,7,14-16H,2,5-6,8-9H2/t12-/m0/s1. The monoisotopic (exact) mass is 304 g/mol. The maximum absolute atomic E-state index is 12.1. The Morgan fingerprint density at radius 1 is 1.47 bits per heavy atom. The Labute approximate surface area is 118 Å². The van der Waals surface area contributed by atoms with Crippen molar-refractivity contribution >= 4 is 21.6 Å². The summed E-state index contributed by atoms with van der Waals surface area (Å²) in [5, 5.41) is 13.6. The van der Waals surface area contributed by atoms with E-state index in [0.29, 0.717) is 18.0 Å². The second-order valence-electron chi connectivity index (χ2n) is 4.79. The molecule has 1 saturated heterocycles. The number of rotatable bonds is 4. The van der Waals surface area contributed by atoms with Crippen LogP contribution in [0.1, 0.15) is 12.8 Å². The number of sulfonamides is 1. The van der Waals surface area contributed by atoms with Crippen LogP contribution in [0, 0.1) is 0 Å². The number of β-amino-alcohol motifs (C(OH)–C–C–N with tert-alkyl or cyclic N) is 1. The van der Waals surface area contributed by atoms with Crippen molar-refractivity contribution in [2.24, 2.45) is 0 Å². The van der Waals surface area contributed by atoms with E-state index >= 15 is 0 Å². The van der Waals surface area contributed by atoms with Crippen LogP contribution in [0.25, 0.3) is 0 Å². The summed E-state index contributed by atoms with van der Waals surface area (Å²) < 4.78 is 26.6. The molecular formula is C12H17ClN2O3S. The van der Waals surface area contributed by atoms with Gasteiger partial charge in [0.2, 0.25) is 10.0 Å². The molecule has 0 bridgehead atoms. The fourth-order valence-electron chi connectivity index (χ4n) is 2.05. The molecule has 0 aliphatic carbocycles. The highest BCUT2D eigenvalue weighted by atomic mass is 35.5. The third kappa shape index (κ3) is 3.90. The molecule has 19 heavy (non-hydrogen) atoms. The Balaban J connectivity index is 2.05. The predicted molar refractivity (Wildman–Crippen MR) is 73.7 cm³/mol. The number of benzene rings is 1. The molecule has 0 radical (unpaired) electrons.